The van der Waals surface area contributed by atoms with Crippen LogP contribution in [-0.2, 0) is 13.1 Å². The summed E-state index contributed by atoms with van der Waals surface area (Å²) in [6.45, 7) is 1.51. The molecule has 0 aliphatic rings. The quantitative estimate of drug-likeness (QED) is 0.918. The van der Waals surface area contributed by atoms with E-state index in [4.69, 9.17) is 0 Å². The lowest BCUT2D eigenvalue weighted by molar-refractivity contribution is 0.220. The van der Waals surface area contributed by atoms with Gasteiger partial charge in [0.1, 0.15) is 0 Å². The molecule has 4 nitrogen and oxygen atoms in total. The fourth-order valence-electron chi connectivity index (χ4n) is 2.20. The van der Waals surface area contributed by atoms with Gasteiger partial charge >= 0.3 is 6.03 Å². The number of anilines is 1. The first-order valence-electron chi connectivity index (χ1n) is 7.34. The third kappa shape index (κ3) is 4.90. The molecule has 0 unspecified atom stereocenters. The van der Waals surface area contributed by atoms with E-state index in [2.05, 4.69) is 48.6 Å². The number of benzene rings is 2. The Morgan fingerprint density at radius 2 is 1.41 bits per heavy atom. The van der Waals surface area contributed by atoms with Gasteiger partial charge in [-0.25, -0.2) is 4.79 Å². The van der Waals surface area contributed by atoms with Gasteiger partial charge in [0.25, 0.3) is 0 Å². The molecule has 0 heterocycles. The van der Waals surface area contributed by atoms with Crippen molar-refractivity contribution in [3.63, 3.8) is 0 Å². The monoisotopic (exact) mass is 297 g/mol. The van der Waals surface area contributed by atoms with Crippen LogP contribution in [0.4, 0.5) is 10.5 Å². The van der Waals surface area contributed by atoms with E-state index in [0.29, 0.717) is 6.54 Å². The second-order valence-electron chi connectivity index (χ2n) is 5.71. The number of rotatable bonds is 5. The molecule has 116 valence electrons. The van der Waals surface area contributed by atoms with Gasteiger partial charge in [-0.2, -0.15) is 0 Å². The Labute approximate surface area is 132 Å². The van der Waals surface area contributed by atoms with Crippen LogP contribution in [-0.4, -0.2) is 37.0 Å². The third-order valence-corrected chi connectivity index (χ3v) is 3.31. The smallest absolute Gasteiger partial charge is 0.321 e. The van der Waals surface area contributed by atoms with Crippen LogP contribution >= 0.6 is 0 Å². The van der Waals surface area contributed by atoms with Crippen molar-refractivity contribution < 1.29 is 4.79 Å². The second kappa shape index (κ2) is 7.61. The zero-order valence-electron chi connectivity index (χ0n) is 13.4. The third-order valence-electron chi connectivity index (χ3n) is 3.31. The first-order valence-corrected chi connectivity index (χ1v) is 7.34. The highest BCUT2D eigenvalue weighted by Crippen LogP contribution is 2.10. The average Bonchev–Trinajstić information content (AvgIpc) is 2.49. The van der Waals surface area contributed by atoms with E-state index in [-0.39, 0.29) is 6.03 Å². The van der Waals surface area contributed by atoms with Crippen LogP contribution < -0.4 is 5.32 Å². The van der Waals surface area contributed by atoms with Gasteiger partial charge < -0.3 is 15.1 Å². The number of para-hydroxylation sites is 1. The highest BCUT2D eigenvalue weighted by molar-refractivity contribution is 5.89. The van der Waals surface area contributed by atoms with Crippen molar-refractivity contribution in [2.75, 3.05) is 26.5 Å². The number of nitrogens with one attached hydrogen (secondary N) is 1. The average molecular weight is 297 g/mol. The lowest BCUT2D eigenvalue weighted by atomic mass is 10.1. The van der Waals surface area contributed by atoms with Crippen molar-refractivity contribution in [3.05, 3.63) is 65.7 Å². The van der Waals surface area contributed by atoms with E-state index >= 15 is 0 Å². The Balaban J connectivity index is 1.90. The molecule has 0 saturated carbocycles. The molecule has 0 bridgehead atoms. The number of nitrogens with zero attached hydrogens (tertiary/aromatic N) is 2. The van der Waals surface area contributed by atoms with E-state index in [9.17, 15) is 4.79 Å². The summed E-state index contributed by atoms with van der Waals surface area (Å²) in [4.78, 5) is 15.9. The molecule has 0 atom stereocenters. The Morgan fingerprint density at radius 1 is 0.864 bits per heavy atom. The molecule has 0 spiro atoms. The lowest BCUT2D eigenvalue weighted by Gasteiger charge is -2.18. The highest BCUT2D eigenvalue weighted by Gasteiger charge is 2.09. The second-order valence-corrected chi connectivity index (χ2v) is 5.71. The summed E-state index contributed by atoms with van der Waals surface area (Å²) in [6.07, 6.45) is 0. The van der Waals surface area contributed by atoms with Gasteiger partial charge in [0.05, 0.1) is 0 Å². The number of amides is 2. The topological polar surface area (TPSA) is 35.6 Å². The van der Waals surface area contributed by atoms with Gasteiger partial charge in [-0.05, 0) is 37.4 Å². The van der Waals surface area contributed by atoms with Crippen LogP contribution in [0.1, 0.15) is 11.1 Å². The molecule has 22 heavy (non-hydrogen) atoms. The van der Waals surface area contributed by atoms with Gasteiger partial charge in [0.15, 0.2) is 0 Å². The van der Waals surface area contributed by atoms with E-state index in [0.717, 1.165) is 17.8 Å². The van der Waals surface area contributed by atoms with Gasteiger partial charge in [0.2, 0.25) is 0 Å². The predicted octanol–water partition coefficient (Wildman–Crippen LogP) is 3.41. The summed E-state index contributed by atoms with van der Waals surface area (Å²) in [5, 5.41) is 2.88. The molecule has 0 radical (unpaired) electrons. The number of hydrogen-bond acceptors (Lipinski definition) is 2. The number of hydrogen-bond donors (Lipinski definition) is 1. The Kier molecular flexibility index (Phi) is 5.55. The maximum Gasteiger partial charge on any atom is 0.321 e. The van der Waals surface area contributed by atoms with Gasteiger partial charge in [-0.3, -0.25) is 0 Å². The van der Waals surface area contributed by atoms with Crippen molar-refractivity contribution in [3.8, 4) is 0 Å². The number of urea groups is 1. The van der Waals surface area contributed by atoms with Crippen molar-refractivity contribution in [2.24, 2.45) is 0 Å². The Hall–Kier alpha value is -2.33. The minimum Gasteiger partial charge on any atom is -0.323 e. The molecule has 0 aromatic heterocycles. The number of carbonyl (C=O) groups excluding carboxylic acids is 1. The molecule has 0 aliphatic carbocycles. The van der Waals surface area contributed by atoms with Crippen molar-refractivity contribution >= 4 is 11.7 Å². The summed E-state index contributed by atoms with van der Waals surface area (Å²) < 4.78 is 0. The highest BCUT2D eigenvalue weighted by atomic mass is 16.2. The minimum atomic E-state index is -0.108. The number of carbonyl (C=O) groups is 1. The van der Waals surface area contributed by atoms with Crippen LogP contribution in [0.3, 0.4) is 0 Å². The Bertz CT molecular complexity index is 593. The van der Waals surface area contributed by atoms with Crippen LogP contribution in [0.2, 0.25) is 0 Å². The van der Waals surface area contributed by atoms with Crippen molar-refractivity contribution in [1.82, 2.24) is 9.80 Å². The zero-order chi connectivity index (χ0) is 15.9. The van der Waals surface area contributed by atoms with Crippen LogP contribution in [0, 0.1) is 0 Å². The molecule has 2 rings (SSSR count). The van der Waals surface area contributed by atoms with E-state index in [1.807, 2.05) is 30.3 Å². The maximum atomic E-state index is 12.1. The SMILES string of the molecule is CN(C)Cc1ccc(CN(C)C(=O)Nc2ccccc2)cc1. The van der Waals surface area contributed by atoms with Crippen LogP contribution in [0.15, 0.2) is 54.6 Å². The standard InChI is InChI=1S/C18H23N3O/c1-20(2)13-15-9-11-16(12-10-15)14-21(3)18(22)19-17-7-5-4-6-8-17/h4-12H,13-14H2,1-3H3,(H,19,22). The maximum absolute atomic E-state index is 12.1. The molecular formula is C18H23N3O. The molecular weight excluding hydrogens is 274 g/mol. The lowest BCUT2D eigenvalue weighted by Crippen LogP contribution is -2.30. The van der Waals surface area contributed by atoms with Crippen molar-refractivity contribution in [2.45, 2.75) is 13.1 Å². The minimum absolute atomic E-state index is 0.108. The molecule has 2 aromatic rings. The fraction of sp³-hybridized carbons (Fsp3) is 0.278. The van der Waals surface area contributed by atoms with Gasteiger partial charge in [-0.1, -0.05) is 42.5 Å². The van der Waals surface area contributed by atoms with E-state index < -0.39 is 0 Å². The molecule has 1 N–H and O–H groups in total. The van der Waals surface area contributed by atoms with E-state index in [1.165, 1.54) is 5.56 Å². The summed E-state index contributed by atoms with van der Waals surface area (Å²) in [7, 11) is 5.90. The van der Waals surface area contributed by atoms with Gasteiger partial charge in [-0.15, -0.1) is 0 Å². The first kappa shape index (κ1) is 16.0. The first-order chi connectivity index (χ1) is 10.5. The fourth-order valence-corrected chi connectivity index (χ4v) is 2.20. The molecule has 0 fully saturated rings. The molecule has 4 heteroatoms. The van der Waals surface area contributed by atoms with Crippen LogP contribution in [0.5, 0.6) is 0 Å². The van der Waals surface area contributed by atoms with Crippen LogP contribution in [0.25, 0.3) is 0 Å². The van der Waals surface area contributed by atoms with Crippen molar-refractivity contribution in [1.29, 1.82) is 0 Å². The molecule has 2 aromatic carbocycles. The predicted molar refractivity (Wildman–Crippen MR) is 90.8 cm³/mol. The molecule has 0 saturated heterocycles. The largest absolute Gasteiger partial charge is 0.323 e. The summed E-state index contributed by atoms with van der Waals surface area (Å²) in [5.41, 5.74) is 3.19. The zero-order valence-corrected chi connectivity index (χ0v) is 13.4. The summed E-state index contributed by atoms with van der Waals surface area (Å²) in [5.74, 6) is 0. The molecule has 0 aliphatic heterocycles. The molecule has 2 amide bonds. The van der Waals surface area contributed by atoms with E-state index in [1.54, 1.807) is 11.9 Å². The Morgan fingerprint density at radius 3 is 1.95 bits per heavy atom. The normalized spacial score (nSPS) is 10.5. The summed E-state index contributed by atoms with van der Waals surface area (Å²) >= 11 is 0. The summed E-state index contributed by atoms with van der Waals surface area (Å²) in [6, 6.07) is 17.7. The van der Waals surface area contributed by atoms with Gasteiger partial charge in [0, 0.05) is 25.8 Å².